The molecule has 6 nitrogen and oxygen atoms in total. The van der Waals surface area contributed by atoms with Gasteiger partial charge in [0, 0.05) is 18.6 Å². The second-order valence-electron chi connectivity index (χ2n) is 7.78. The lowest BCUT2D eigenvalue weighted by atomic mass is 10.1. The molecule has 27 heavy (non-hydrogen) atoms. The molecule has 1 atom stereocenters. The summed E-state index contributed by atoms with van der Waals surface area (Å²) in [6.45, 7) is 6.94. The number of nitrogens with zero attached hydrogens (tertiary/aromatic N) is 2. The molecule has 2 aromatic carbocycles. The van der Waals surface area contributed by atoms with Crippen LogP contribution in [0.4, 0.5) is 17.1 Å². The fourth-order valence-electron chi connectivity index (χ4n) is 3.09. The molecular formula is C20H29N3O3S. The number of fused-ring (bicyclic) bond motifs is 1. The van der Waals surface area contributed by atoms with Crippen molar-refractivity contribution >= 4 is 28.0 Å². The van der Waals surface area contributed by atoms with Crippen LogP contribution >= 0.6 is 11.0 Å². The number of aliphatic hydroxyl groups excluding tert-OH is 1. The van der Waals surface area contributed by atoms with Gasteiger partial charge in [-0.1, -0.05) is 30.3 Å². The Balaban J connectivity index is 1.80. The Labute approximate surface area is 163 Å². The molecule has 7 heteroatoms. The first kappa shape index (κ1) is 20.0. The molecule has 3 rings (SSSR count). The number of β-amino-alcohol motifs (C(OH)–C–C–N with tert-alkyl or cyclic N) is 1. The van der Waals surface area contributed by atoms with Gasteiger partial charge in [0.15, 0.2) is 0 Å². The van der Waals surface area contributed by atoms with E-state index in [1.165, 1.54) is 0 Å². The summed E-state index contributed by atoms with van der Waals surface area (Å²) in [6, 6.07) is 16.9. The van der Waals surface area contributed by atoms with Crippen LogP contribution in [0.5, 0.6) is 0 Å². The summed E-state index contributed by atoms with van der Waals surface area (Å²) in [4.78, 5) is 0. The highest BCUT2D eigenvalue weighted by atomic mass is 32.3. The highest BCUT2D eigenvalue weighted by Gasteiger charge is 2.41. The third-order valence-corrected chi connectivity index (χ3v) is 6.30. The molecule has 0 aromatic heterocycles. The maximum Gasteiger partial charge on any atom is 0.0896 e. The summed E-state index contributed by atoms with van der Waals surface area (Å²) < 4.78 is 25.3. The van der Waals surface area contributed by atoms with Gasteiger partial charge in [-0.15, -0.1) is 0 Å². The van der Waals surface area contributed by atoms with Crippen molar-refractivity contribution < 1.29 is 14.2 Å². The van der Waals surface area contributed by atoms with E-state index in [0.29, 0.717) is 19.5 Å². The Bertz CT molecular complexity index is 765. The molecule has 1 unspecified atom stereocenters. The number of benzene rings is 2. The first-order chi connectivity index (χ1) is 12.7. The summed E-state index contributed by atoms with van der Waals surface area (Å²) >= 11 is 0. The van der Waals surface area contributed by atoms with Crippen molar-refractivity contribution in [2.45, 2.75) is 38.8 Å². The van der Waals surface area contributed by atoms with Gasteiger partial charge in [-0.25, -0.2) is 4.31 Å². The summed E-state index contributed by atoms with van der Waals surface area (Å²) in [5.74, 6) is 0. The average Bonchev–Trinajstić information content (AvgIpc) is 2.84. The van der Waals surface area contributed by atoms with Crippen molar-refractivity contribution in [2.24, 2.45) is 0 Å². The van der Waals surface area contributed by atoms with Crippen molar-refractivity contribution in [1.82, 2.24) is 5.32 Å². The summed E-state index contributed by atoms with van der Waals surface area (Å²) in [6.07, 6.45) is -0.145. The number of rotatable bonds is 6. The summed E-state index contributed by atoms with van der Waals surface area (Å²) in [7, 11) is -3.24. The molecule has 0 radical (unpaired) electrons. The van der Waals surface area contributed by atoms with Gasteiger partial charge in [0.25, 0.3) is 0 Å². The minimum absolute atomic E-state index is 0.0751. The largest absolute Gasteiger partial charge is 0.392 e. The first-order valence-electron chi connectivity index (χ1n) is 9.13. The van der Waals surface area contributed by atoms with Gasteiger partial charge in [0.1, 0.15) is 0 Å². The van der Waals surface area contributed by atoms with Crippen LogP contribution in [-0.2, 0) is 0 Å². The molecule has 1 aliphatic rings. The quantitative estimate of drug-likeness (QED) is 0.586. The molecule has 2 aromatic rings. The van der Waals surface area contributed by atoms with Crippen LogP contribution in [0.15, 0.2) is 54.6 Å². The molecular weight excluding hydrogens is 362 g/mol. The monoisotopic (exact) mass is 391 g/mol. The van der Waals surface area contributed by atoms with Crippen LogP contribution in [-0.4, -0.2) is 38.9 Å². The van der Waals surface area contributed by atoms with E-state index in [9.17, 15) is 14.2 Å². The standard InChI is InChI=1S/C20H29N3O3S/c1-20(2,3)21-15-17(24)13-14-22-18-11-7-8-12-19(18)23(27(22,25)26)16-9-5-4-6-10-16/h4-12,17,21,24-26H,13-15H2,1-3H3. The Morgan fingerprint density at radius 3 is 2.19 bits per heavy atom. The van der Waals surface area contributed by atoms with E-state index in [0.717, 1.165) is 17.1 Å². The number of aliphatic hydroxyl groups is 1. The van der Waals surface area contributed by atoms with Crippen LogP contribution < -0.4 is 13.9 Å². The second kappa shape index (κ2) is 7.69. The van der Waals surface area contributed by atoms with E-state index in [1.54, 1.807) is 8.61 Å². The number of hydrogen-bond donors (Lipinski definition) is 4. The van der Waals surface area contributed by atoms with Crippen LogP contribution in [0.3, 0.4) is 0 Å². The van der Waals surface area contributed by atoms with Crippen molar-refractivity contribution in [3.63, 3.8) is 0 Å². The Morgan fingerprint density at radius 1 is 0.963 bits per heavy atom. The topological polar surface area (TPSA) is 79.2 Å². The third-order valence-electron chi connectivity index (χ3n) is 4.43. The van der Waals surface area contributed by atoms with Crippen molar-refractivity contribution in [3.05, 3.63) is 54.6 Å². The van der Waals surface area contributed by atoms with Crippen LogP contribution in [0.2, 0.25) is 0 Å². The zero-order valence-corrected chi connectivity index (χ0v) is 16.9. The number of nitrogens with one attached hydrogen (secondary N) is 1. The molecule has 1 heterocycles. The van der Waals surface area contributed by atoms with E-state index >= 15 is 0 Å². The van der Waals surface area contributed by atoms with Gasteiger partial charge in [0.2, 0.25) is 0 Å². The fourth-order valence-corrected chi connectivity index (χ4v) is 4.88. The zero-order valence-electron chi connectivity index (χ0n) is 16.0. The third kappa shape index (κ3) is 4.39. The number of para-hydroxylation sites is 3. The molecule has 0 bridgehead atoms. The van der Waals surface area contributed by atoms with Crippen LogP contribution in [0.25, 0.3) is 0 Å². The van der Waals surface area contributed by atoms with E-state index in [2.05, 4.69) is 5.32 Å². The molecule has 0 saturated heterocycles. The normalized spacial score (nSPS) is 18.3. The minimum Gasteiger partial charge on any atom is -0.392 e. The Hall–Kier alpha value is -1.77. The predicted octanol–water partition coefficient (Wildman–Crippen LogP) is 4.36. The van der Waals surface area contributed by atoms with Crippen LogP contribution in [0, 0.1) is 0 Å². The molecule has 0 fully saturated rings. The van der Waals surface area contributed by atoms with Gasteiger partial charge in [-0.2, -0.15) is 0 Å². The molecule has 1 aliphatic heterocycles. The summed E-state index contributed by atoms with van der Waals surface area (Å²) in [5, 5.41) is 13.6. The molecule has 4 N–H and O–H groups in total. The highest BCUT2D eigenvalue weighted by molar-refractivity contribution is 8.27. The SMILES string of the molecule is CC(C)(C)NCC(O)CCN1c2ccccc2N(c2ccccc2)S1(O)O. The Kier molecular flexibility index (Phi) is 5.69. The van der Waals surface area contributed by atoms with E-state index < -0.39 is 17.1 Å². The molecule has 0 spiro atoms. The molecule has 0 amide bonds. The Morgan fingerprint density at radius 2 is 1.56 bits per heavy atom. The predicted molar refractivity (Wildman–Crippen MR) is 114 cm³/mol. The first-order valence-corrected chi connectivity index (χ1v) is 10.6. The smallest absolute Gasteiger partial charge is 0.0896 e. The van der Waals surface area contributed by atoms with E-state index in [4.69, 9.17) is 0 Å². The van der Waals surface area contributed by atoms with Gasteiger partial charge in [-0.05, 0) is 62.4 Å². The molecule has 0 aliphatic carbocycles. The van der Waals surface area contributed by atoms with Gasteiger partial charge in [0.05, 0.1) is 23.2 Å². The van der Waals surface area contributed by atoms with Gasteiger partial charge in [-0.3, -0.25) is 13.4 Å². The van der Waals surface area contributed by atoms with Gasteiger partial charge >= 0.3 is 0 Å². The van der Waals surface area contributed by atoms with Crippen molar-refractivity contribution in [1.29, 1.82) is 0 Å². The zero-order chi connectivity index (χ0) is 19.7. The second-order valence-corrected chi connectivity index (χ2v) is 9.57. The van der Waals surface area contributed by atoms with Crippen LogP contribution in [0.1, 0.15) is 27.2 Å². The highest BCUT2D eigenvalue weighted by Crippen LogP contribution is 2.63. The lowest BCUT2D eigenvalue weighted by Crippen LogP contribution is -2.42. The van der Waals surface area contributed by atoms with Gasteiger partial charge < -0.3 is 10.4 Å². The van der Waals surface area contributed by atoms with E-state index in [-0.39, 0.29) is 5.54 Å². The molecule has 0 saturated carbocycles. The number of hydrogen-bond acceptors (Lipinski definition) is 6. The minimum atomic E-state index is -3.24. The summed E-state index contributed by atoms with van der Waals surface area (Å²) in [5.41, 5.74) is 2.17. The average molecular weight is 392 g/mol. The molecule has 148 valence electrons. The van der Waals surface area contributed by atoms with E-state index in [1.807, 2.05) is 75.4 Å². The van der Waals surface area contributed by atoms with Crippen molar-refractivity contribution in [2.75, 3.05) is 21.7 Å². The number of anilines is 3. The lowest BCUT2D eigenvalue weighted by Gasteiger charge is -2.44. The maximum atomic E-state index is 11.1. The maximum absolute atomic E-state index is 11.1. The fraction of sp³-hybridized carbons (Fsp3) is 0.400. The van der Waals surface area contributed by atoms with Crippen molar-refractivity contribution in [3.8, 4) is 0 Å². The lowest BCUT2D eigenvalue weighted by molar-refractivity contribution is 0.154.